The van der Waals surface area contributed by atoms with Crippen LogP contribution in [0.3, 0.4) is 0 Å². The molecule has 1 aromatic rings. The van der Waals surface area contributed by atoms with Crippen molar-refractivity contribution in [3.63, 3.8) is 0 Å². The van der Waals surface area contributed by atoms with E-state index in [4.69, 9.17) is 14.6 Å². The summed E-state index contributed by atoms with van der Waals surface area (Å²) in [6.45, 7) is -0.638. The van der Waals surface area contributed by atoms with Gasteiger partial charge in [0.15, 0.2) is 0 Å². The zero-order valence-electron chi connectivity index (χ0n) is 12.3. The molecule has 0 amide bonds. The van der Waals surface area contributed by atoms with Crippen LogP contribution >= 0.6 is 15.9 Å². The minimum atomic E-state index is -1.69. The van der Waals surface area contributed by atoms with Gasteiger partial charge in [0, 0.05) is 4.47 Å². The first-order chi connectivity index (χ1) is 11.3. The van der Waals surface area contributed by atoms with Crippen molar-refractivity contribution < 1.29 is 39.8 Å². The predicted molar refractivity (Wildman–Crippen MR) is 84.6 cm³/mol. The Morgan fingerprint density at radius 3 is 2.46 bits per heavy atom. The van der Waals surface area contributed by atoms with Crippen molar-refractivity contribution in [2.24, 2.45) is 0 Å². The molecule has 0 spiro atoms. The van der Waals surface area contributed by atoms with E-state index in [9.17, 15) is 25.2 Å². The van der Waals surface area contributed by atoms with E-state index >= 15 is 0 Å². The van der Waals surface area contributed by atoms with Crippen LogP contribution < -0.4 is 0 Å². The second kappa shape index (κ2) is 8.06. The Hall–Kier alpha value is -1.49. The van der Waals surface area contributed by atoms with Gasteiger partial charge in [-0.2, -0.15) is 0 Å². The number of benzene rings is 1. The molecule has 1 heterocycles. The number of aliphatic hydroxyl groups excluding tert-OH is 4. The second-order valence-electron chi connectivity index (χ2n) is 5.15. The maximum atomic E-state index is 11.4. The standard InChI is InChI=1S/C15H17BrO8/c16-8-4-2-1-3-7(8)5-9(14(21)22)23-15-13(20)12(19)11(18)10(6-17)24-15/h1-5,10-13,15,17-20H,6H2,(H,21,22)/b9-5+/t10-,11-,12-,13+,15-/m0/s1. The van der Waals surface area contributed by atoms with Gasteiger partial charge in [-0.05, 0) is 17.7 Å². The van der Waals surface area contributed by atoms with Crippen LogP contribution in [0.2, 0.25) is 0 Å². The number of aliphatic hydroxyl groups is 4. The number of carboxylic acid groups (broad SMARTS) is 1. The van der Waals surface area contributed by atoms with Gasteiger partial charge >= 0.3 is 5.97 Å². The topological polar surface area (TPSA) is 137 Å². The summed E-state index contributed by atoms with van der Waals surface area (Å²) in [6.07, 6.45) is -6.43. The molecule has 8 nitrogen and oxygen atoms in total. The molecule has 5 atom stereocenters. The molecule has 1 fully saturated rings. The lowest BCUT2D eigenvalue weighted by atomic mass is 9.99. The van der Waals surface area contributed by atoms with Crippen molar-refractivity contribution in [2.45, 2.75) is 30.7 Å². The fourth-order valence-corrected chi connectivity index (χ4v) is 2.57. The lowest BCUT2D eigenvalue weighted by Crippen LogP contribution is -2.59. The summed E-state index contributed by atoms with van der Waals surface area (Å²) < 4.78 is 10.9. The van der Waals surface area contributed by atoms with Crippen LogP contribution in [0.25, 0.3) is 6.08 Å². The molecule has 0 radical (unpaired) electrons. The lowest BCUT2D eigenvalue weighted by Gasteiger charge is -2.39. The molecule has 2 rings (SSSR count). The van der Waals surface area contributed by atoms with Crippen LogP contribution in [0.4, 0.5) is 0 Å². The molecule has 9 heteroatoms. The summed E-state index contributed by atoms with van der Waals surface area (Å²) in [5, 5.41) is 47.7. The highest BCUT2D eigenvalue weighted by atomic mass is 79.9. The third-order valence-electron chi connectivity index (χ3n) is 3.49. The molecule has 0 unspecified atom stereocenters. The van der Waals surface area contributed by atoms with Gasteiger partial charge in [0.2, 0.25) is 12.0 Å². The van der Waals surface area contributed by atoms with E-state index in [1.165, 1.54) is 6.08 Å². The van der Waals surface area contributed by atoms with Crippen LogP contribution in [-0.2, 0) is 14.3 Å². The van der Waals surface area contributed by atoms with Crippen LogP contribution in [0, 0.1) is 0 Å². The predicted octanol–water partition coefficient (Wildman–Crippen LogP) is -0.309. The van der Waals surface area contributed by atoms with Crippen molar-refractivity contribution in [3.05, 3.63) is 40.1 Å². The summed E-state index contributed by atoms with van der Waals surface area (Å²) >= 11 is 3.27. The van der Waals surface area contributed by atoms with E-state index in [0.29, 0.717) is 10.0 Å². The Bertz CT molecular complexity index is 617. The summed E-state index contributed by atoms with van der Waals surface area (Å²) in [5.41, 5.74) is 0.513. The molecule has 0 bridgehead atoms. The maximum Gasteiger partial charge on any atom is 0.371 e. The van der Waals surface area contributed by atoms with E-state index in [1.54, 1.807) is 24.3 Å². The molecule has 5 N–H and O–H groups in total. The quantitative estimate of drug-likeness (QED) is 0.333. The summed E-state index contributed by atoms with van der Waals surface area (Å²) in [7, 11) is 0. The smallest absolute Gasteiger partial charge is 0.371 e. The largest absolute Gasteiger partial charge is 0.475 e. The van der Waals surface area contributed by atoms with Gasteiger partial charge in [-0.15, -0.1) is 0 Å². The highest BCUT2D eigenvalue weighted by Gasteiger charge is 2.45. The van der Waals surface area contributed by atoms with Crippen molar-refractivity contribution in [2.75, 3.05) is 6.61 Å². The van der Waals surface area contributed by atoms with Gasteiger partial charge in [-0.1, -0.05) is 34.1 Å². The first-order valence-corrected chi connectivity index (χ1v) is 7.81. The number of hydrogen-bond donors (Lipinski definition) is 5. The van der Waals surface area contributed by atoms with Crippen LogP contribution in [0.1, 0.15) is 5.56 Å². The zero-order valence-corrected chi connectivity index (χ0v) is 13.9. The van der Waals surface area contributed by atoms with Gasteiger partial charge in [-0.25, -0.2) is 4.79 Å². The van der Waals surface area contributed by atoms with Gasteiger partial charge in [0.1, 0.15) is 24.4 Å². The molecule has 1 aliphatic rings. The fourth-order valence-electron chi connectivity index (χ4n) is 2.17. The van der Waals surface area contributed by atoms with E-state index in [2.05, 4.69) is 15.9 Å². The van der Waals surface area contributed by atoms with Gasteiger partial charge in [0.25, 0.3) is 0 Å². The molecule has 1 aromatic carbocycles. The van der Waals surface area contributed by atoms with E-state index in [1.807, 2.05) is 0 Å². The van der Waals surface area contributed by atoms with Crippen molar-refractivity contribution in [3.8, 4) is 0 Å². The number of carbonyl (C=O) groups is 1. The van der Waals surface area contributed by atoms with Crippen molar-refractivity contribution in [1.29, 1.82) is 0 Å². The van der Waals surface area contributed by atoms with Gasteiger partial charge in [0.05, 0.1) is 6.61 Å². The number of ether oxygens (including phenoxy) is 2. The monoisotopic (exact) mass is 404 g/mol. The first kappa shape index (κ1) is 18.8. The summed E-state index contributed by atoms with van der Waals surface area (Å²) in [4.78, 5) is 11.4. The highest BCUT2D eigenvalue weighted by Crippen LogP contribution is 2.25. The number of rotatable bonds is 5. The molecule has 132 valence electrons. The minimum absolute atomic E-state index is 0.513. The molecular formula is C15H17BrO8. The summed E-state index contributed by atoms with van der Waals surface area (Å²) in [6, 6.07) is 6.80. The SMILES string of the molecule is O=C(O)/C(=C\c1ccccc1Br)O[C@H]1O[C@@H](CO)[C@H](O)[C@H](O)[C@H]1O. The Balaban J connectivity index is 2.24. The zero-order chi connectivity index (χ0) is 17.9. The molecule has 24 heavy (non-hydrogen) atoms. The number of aliphatic carboxylic acids is 1. The lowest BCUT2D eigenvalue weighted by molar-refractivity contribution is -0.291. The van der Waals surface area contributed by atoms with Crippen LogP contribution in [-0.4, -0.2) is 68.8 Å². The summed E-state index contributed by atoms with van der Waals surface area (Å²) in [5.74, 6) is -1.95. The molecule has 0 aliphatic carbocycles. The third kappa shape index (κ3) is 4.12. The number of carboxylic acids is 1. The maximum absolute atomic E-state index is 11.4. The first-order valence-electron chi connectivity index (χ1n) is 7.02. The van der Waals surface area contributed by atoms with E-state index in [0.717, 1.165) is 0 Å². The molecule has 1 aliphatic heterocycles. The number of hydrogen-bond acceptors (Lipinski definition) is 7. The fraction of sp³-hybridized carbons (Fsp3) is 0.400. The average molecular weight is 405 g/mol. The Kier molecular flexibility index (Phi) is 6.33. The number of halogens is 1. The molecule has 0 saturated carbocycles. The van der Waals surface area contributed by atoms with E-state index < -0.39 is 49.0 Å². The average Bonchev–Trinajstić information content (AvgIpc) is 2.56. The molecule has 0 aromatic heterocycles. The van der Waals surface area contributed by atoms with E-state index in [-0.39, 0.29) is 0 Å². The van der Waals surface area contributed by atoms with Crippen molar-refractivity contribution in [1.82, 2.24) is 0 Å². The van der Waals surface area contributed by atoms with Gasteiger partial charge in [-0.3, -0.25) is 0 Å². The Morgan fingerprint density at radius 2 is 1.88 bits per heavy atom. The van der Waals surface area contributed by atoms with Crippen LogP contribution in [0.5, 0.6) is 0 Å². The third-order valence-corrected chi connectivity index (χ3v) is 4.22. The molecule has 1 saturated heterocycles. The Morgan fingerprint density at radius 1 is 1.21 bits per heavy atom. The highest BCUT2D eigenvalue weighted by molar-refractivity contribution is 9.10. The van der Waals surface area contributed by atoms with Gasteiger partial charge < -0.3 is 35.0 Å². The second-order valence-corrected chi connectivity index (χ2v) is 6.00. The normalized spacial score (nSPS) is 30.9. The Labute approximate surface area is 145 Å². The molecular weight excluding hydrogens is 388 g/mol. The van der Waals surface area contributed by atoms with Crippen LogP contribution in [0.15, 0.2) is 34.5 Å². The van der Waals surface area contributed by atoms with Crippen molar-refractivity contribution >= 4 is 28.0 Å². The minimum Gasteiger partial charge on any atom is -0.475 e.